The number of carbonyl (C=O) groups is 3. The molecule has 0 saturated carbocycles. The molecule has 3 saturated heterocycles. The number of benzene rings is 1. The summed E-state index contributed by atoms with van der Waals surface area (Å²) in [6, 6.07) is 2.92. The second kappa shape index (κ2) is 8.63. The van der Waals surface area contributed by atoms with Gasteiger partial charge in [-0.25, -0.2) is 4.89 Å². The molecule has 3 N–H and O–H groups in total. The number of allylic oxidation sites excluding steroid dienone is 1. The van der Waals surface area contributed by atoms with Gasteiger partial charge in [0, 0.05) is 18.8 Å². The second-order valence-electron chi connectivity index (χ2n) is 11.1. The summed E-state index contributed by atoms with van der Waals surface area (Å²) in [5.74, 6) is -1.51. The lowest BCUT2D eigenvalue weighted by Crippen LogP contribution is -2.72. The lowest BCUT2D eigenvalue weighted by molar-refractivity contribution is -0.297. The molecule has 0 unspecified atom stereocenters. The zero-order valence-corrected chi connectivity index (χ0v) is 22.0. The van der Waals surface area contributed by atoms with Gasteiger partial charge in [-0.15, -0.1) is 0 Å². The number of amides is 3. The highest BCUT2D eigenvalue weighted by atomic mass is 17.1. The van der Waals surface area contributed by atoms with E-state index in [4.69, 9.17) is 4.74 Å². The third-order valence-corrected chi connectivity index (χ3v) is 8.11. The van der Waals surface area contributed by atoms with Gasteiger partial charge in [-0.3, -0.25) is 29.4 Å². The summed E-state index contributed by atoms with van der Waals surface area (Å²) in [5.41, 5.74) is -4.31. The predicted octanol–water partition coefficient (Wildman–Crippen LogP) is 1.29. The number of piperazine rings is 1. The van der Waals surface area contributed by atoms with Crippen LogP contribution >= 0.6 is 0 Å². The molecule has 0 aromatic heterocycles. The molecule has 5 rings (SSSR count). The summed E-state index contributed by atoms with van der Waals surface area (Å²) in [4.78, 5) is 50.2. The van der Waals surface area contributed by atoms with Crippen LogP contribution in [0.5, 0.6) is 5.75 Å². The number of methoxy groups -OCH3 is 1. The van der Waals surface area contributed by atoms with Crippen LogP contribution in [0.4, 0.5) is 5.69 Å². The first-order valence-corrected chi connectivity index (χ1v) is 12.6. The number of fused-ring (bicyclic) bond motifs is 4. The maximum atomic E-state index is 14.5. The quantitative estimate of drug-likeness (QED) is 0.296. The van der Waals surface area contributed by atoms with Crippen molar-refractivity contribution in [1.82, 2.24) is 9.80 Å². The highest BCUT2D eigenvalue weighted by Crippen LogP contribution is 2.58. The number of hydrogen-bond acceptors (Lipinski definition) is 8. The highest BCUT2D eigenvalue weighted by Gasteiger charge is 2.79. The summed E-state index contributed by atoms with van der Waals surface area (Å²) in [5, 5.41) is 33.2. The van der Waals surface area contributed by atoms with E-state index < -0.39 is 52.7 Å². The maximum absolute atomic E-state index is 14.5. The van der Waals surface area contributed by atoms with Gasteiger partial charge in [-0.2, -0.15) is 0 Å². The number of hydrogen-bond donors (Lipinski definition) is 3. The van der Waals surface area contributed by atoms with E-state index in [2.05, 4.69) is 4.89 Å². The van der Waals surface area contributed by atoms with Gasteiger partial charge in [-0.05, 0) is 58.2 Å². The molecule has 0 bridgehead atoms. The molecule has 0 aliphatic carbocycles. The second-order valence-corrected chi connectivity index (χ2v) is 11.1. The van der Waals surface area contributed by atoms with Crippen LogP contribution in [0.1, 0.15) is 46.1 Å². The Morgan fingerprint density at radius 3 is 2.53 bits per heavy atom. The van der Waals surface area contributed by atoms with Gasteiger partial charge in [0.25, 0.3) is 5.91 Å². The summed E-state index contributed by atoms with van der Waals surface area (Å²) in [7, 11) is 1.47. The van der Waals surface area contributed by atoms with Crippen LogP contribution < -0.4 is 9.64 Å². The Kier molecular flexibility index (Phi) is 5.99. The zero-order chi connectivity index (χ0) is 27.8. The molecule has 1 aromatic carbocycles. The molecule has 3 fully saturated rings. The van der Waals surface area contributed by atoms with Gasteiger partial charge >= 0.3 is 0 Å². The molecule has 4 heterocycles. The molecule has 11 nitrogen and oxygen atoms in total. The first kappa shape index (κ1) is 26.4. The lowest BCUT2D eigenvalue weighted by Gasteiger charge is -2.45. The van der Waals surface area contributed by atoms with Crippen molar-refractivity contribution in [3.8, 4) is 5.75 Å². The smallest absolute Gasteiger partial charge is 0.279 e. The molecule has 1 spiro atoms. The Morgan fingerprint density at radius 1 is 1.18 bits per heavy atom. The predicted molar refractivity (Wildman–Crippen MR) is 135 cm³/mol. The van der Waals surface area contributed by atoms with Gasteiger partial charge in [0.1, 0.15) is 28.9 Å². The third-order valence-electron chi connectivity index (χ3n) is 8.11. The minimum atomic E-state index is -2.64. The monoisotopic (exact) mass is 527 g/mol. The minimum Gasteiger partial charge on any atom is -0.497 e. The van der Waals surface area contributed by atoms with Crippen molar-refractivity contribution in [2.45, 2.75) is 75.5 Å². The Morgan fingerprint density at radius 2 is 1.89 bits per heavy atom. The largest absolute Gasteiger partial charge is 0.497 e. The van der Waals surface area contributed by atoms with Crippen LogP contribution in [0.3, 0.4) is 0 Å². The fourth-order valence-corrected chi connectivity index (χ4v) is 6.31. The summed E-state index contributed by atoms with van der Waals surface area (Å²) in [6.45, 7) is 7.00. The van der Waals surface area contributed by atoms with Crippen LogP contribution in [-0.4, -0.2) is 86.2 Å². The summed E-state index contributed by atoms with van der Waals surface area (Å²) < 4.78 is 5.38. The molecule has 38 heavy (non-hydrogen) atoms. The average Bonchev–Trinajstić information content (AvgIpc) is 3.51. The molecule has 3 amide bonds. The number of nitrogens with zero attached hydrogens (tertiary/aromatic N) is 3. The van der Waals surface area contributed by atoms with E-state index in [0.29, 0.717) is 29.8 Å². The van der Waals surface area contributed by atoms with E-state index in [1.54, 1.807) is 52.0 Å². The van der Waals surface area contributed by atoms with Crippen molar-refractivity contribution in [2.24, 2.45) is 0 Å². The van der Waals surface area contributed by atoms with Crippen LogP contribution in [-0.2, 0) is 24.7 Å². The number of ether oxygens (including phenoxy) is 1. The number of carbonyl (C=O) groups excluding carboxylic acids is 3. The van der Waals surface area contributed by atoms with Gasteiger partial charge in [0.2, 0.25) is 17.5 Å². The van der Waals surface area contributed by atoms with E-state index in [9.17, 15) is 29.9 Å². The van der Waals surface area contributed by atoms with E-state index in [-0.39, 0.29) is 6.54 Å². The Hall–Kier alpha value is -3.25. The number of anilines is 1. The molecule has 204 valence electrons. The van der Waals surface area contributed by atoms with E-state index in [1.165, 1.54) is 29.2 Å². The molecule has 1 aromatic rings. The van der Waals surface area contributed by atoms with E-state index >= 15 is 0 Å². The average molecular weight is 528 g/mol. The van der Waals surface area contributed by atoms with Gasteiger partial charge in [-0.1, -0.05) is 17.7 Å². The van der Waals surface area contributed by atoms with Crippen molar-refractivity contribution in [3.05, 3.63) is 47.7 Å². The van der Waals surface area contributed by atoms with Crippen LogP contribution in [0, 0.1) is 0 Å². The third kappa shape index (κ3) is 3.25. The number of rotatable bonds is 5. The molecule has 0 radical (unpaired) electrons. The van der Waals surface area contributed by atoms with Gasteiger partial charge in [0.05, 0.1) is 18.8 Å². The standard InChI is InChI=1S/C27H33N3O8/c1-15(2)13-20-26(22(32)27(35)24(34)28-11-6-7-18(28)21(31)30(20)27)17-9-8-16(37-5)14-19(17)29(23(26)33)12-10-25(3,4)38-36/h8-10,12-14,18,20,22,32,35-36H,6-7,11H2,1-5H3/b12-10+/t18-,20-,22-,26-,27+/m0/s1. The fraction of sp³-hybridized carbons (Fsp3) is 0.519. The molecular weight excluding hydrogens is 494 g/mol. The Balaban J connectivity index is 1.78. The molecule has 5 atom stereocenters. The highest BCUT2D eigenvalue weighted by molar-refractivity contribution is 6.14. The molecule has 4 aliphatic rings. The first-order valence-electron chi connectivity index (χ1n) is 12.6. The lowest BCUT2D eigenvalue weighted by atomic mass is 9.71. The minimum absolute atomic E-state index is 0.283. The molecular formula is C27H33N3O8. The maximum Gasteiger partial charge on any atom is 0.279 e. The topological polar surface area (TPSA) is 140 Å². The Bertz CT molecular complexity index is 1270. The SMILES string of the molecule is COc1ccc2c(c1)N(/C=C/C(C)(C)OO)C(=O)[C@]21[C@H](C=C(C)C)N2C(=O)[C@@H]3CCCN3C(=O)[C@]2(O)[C@H]1O. The van der Waals surface area contributed by atoms with Crippen molar-refractivity contribution >= 4 is 23.4 Å². The number of aliphatic hydroxyl groups is 2. The number of aliphatic hydroxyl groups excluding tert-OH is 1. The molecule has 4 aliphatic heterocycles. The summed E-state index contributed by atoms with van der Waals surface area (Å²) >= 11 is 0. The van der Waals surface area contributed by atoms with Crippen molar-refractivity contribution in [1.29, 1.82) is 0 Å². The normalized spacial score (nSPS) is 32.4. The van der Waals surface area contributed by atoms with E-state index in [1.807, 2.05) is 0 Å². The van der Waals surface area contributed by atoms with Crippen molar-refractivity contribution in [3.63, 3.8) is 0 Å². The molecule has 11 heteroatoms. The van der Waals surface area contributed by atoms with Crippen LogP contribution in [0.15, 0.2) is 42.1 Å². The van der Waals surface area contributed by atoms with Crippen LogP contribution in [0.2, 0.25) is 0 Å². The zero-order valence-electron chi connectivity index (χ0n) is 22.0. The summed E-state index contributed by atoms with van der Waals surface area (Å²) in [6.07, 6.45) is 3.57. The van der Waals surface area contributed by atoms with Gasteiger partial charge in [0.15, 0.2) is 0 Å². The van der Waals surface area contributed by atoms with Crippen molar-refractivity contribution in [2.75, 3.05) is 18.6 Å². The fourth-order valence-electron chi connectivity index (χ4n) is 6.31. The first-order chi connectivity index (χ1) is 17.9. The van der Waals surface area contributed by atoms with E-state index in [0.717, 1.165) is 10.5 Å². The van der Waals surface area contributed by atoms with Crippen molar-refractivity contribution < 1.29 is 39.5 Å². The van der Waals surface area contributed by atoms with Gasteiger partial charge < -0.3 is 19.8 Å². The Labute approximate surface area is 220 Å². The van der Waals surface area contributed by atoms with Crippen LogP contribution in [0.25, 0.3) is 0 Å².